The number of benzene rings is 1. The first-order chi connectivity index (χ1) is 7.86. The third-order valence-corrected chi connectivity index (χ3v) is 3.01. The van der Waals surface area contributed by atoms with Gasteiger partial charge < -0.3 is 5.73 Å². The molecule has 0 atom stereocenters. The number of hydrogen-bond donors (Lipinski definition) is 1. The van der Waals surface area contributed by atoms with Crippen molar-refractivity contribution in [1.82, 2.24) is 0 Å². The number of aryl methyl sites for hydroxylation is 2. The Morgan fingerprint density at radius 3 is 1.75 bits per heavy atom. The first-order valence-corrected chi connectivity index (χ1v) is 6.64. The highest BCUT2D eigenvalue weighted by Crippen LogP contribution is 2.10. The molecule has 90 valence electrons. The second-order valence-corrected chi connectivity index (χ2v) is 4.52. The summed E-state index contributed by atoms with van der Waals surface area (Å²) in [6.07, 6.45) is 8.73. The van der Waals surface area contributed by atoms with Gasteiger partial charge in [-0.25, -0.2) is 0 Å². The number of unbranched alkanes of at least 4 members (excludes halogenated alkanes) is 3. The summed E-state index contributed by atoms with van der Waals surface area (Å²) in [5, 5.41) is 0. The molecule has 0 radical (unpaired) electrons. The molecule has 0 saturated heterocycles. The fourth-order valence-electron chi connectivity index (χ4n) is 1.93. The molecule has 0 aromatic heterocycles. The molecular formula is C15H25N. The molecule has 0 unspecified atom stereocenters. The summed E-state index contributed by atoms with van der Waals surface area (Å²) < 4.78 is 0. The summed E-state index contributed by atoms with van der Waals surface area (Å²) in [4.78, 5) is 0. The van der Waals surface area contributed by atoms with Crippen LogP contribution < -0.4 is 5.73 Å². The maximum absolute atomic E-state index is 5.48. The van der Waals surface area contributed by atoms with Crippen LogP contribution in [0.4, 0.5) is 0 Å². The molecule has 0 spiro atoms. The Labute approximate surface area is 100 Å². The molecule has 1 aromatic rings. The lowest BCUT2D eigenvalue weighted by Gasteiger charge is -2.04. The van der Waals surface area contributed by atoms with E-state index in [9.17, 15) is 0 Å². The summed E-state index contributed by atoms with van der Waals surface area (Å²) in [7, 11) is 0. The van der Waals surface area contributed by atoms with Gasteiger partial charge in [-0.3, -0.25) is 0 Å². The average molecular weight is 219 g/mol. The van der Waals surface area contributed by atoms with Gasteiger partial charge in [0.05, 0.1) is 0 Å². The number of rotatable bonds is 8. The SMILES string of the molecule is CCCCCc1ccc(CCCCN)cc1. The normalized spacial score (nSPS) is 10.6. The van der Waals surface area contributed by atoms with Gasteiger partial charge in [-0.1, -0.05) is 44.0 Å². The van der Waals surface area contributed by atoms with Crippen LogP contribution in [0.15, 0.2) is 24.3 Å². The van der Waals surface area contributed by atoms with Crippen LogP contribution in [0, 0.1) is 0 Å². The topological polar surface area (TPSA) is 26.0 Å². The van der Waals surface area contributed by atoms with E-state index in [1.807, 2.05) is 0 Å². The van der Waals surface area contributed by atoms with Crippen LogP contribution in [0.5, 0.6) is 0 Å². The lowest BCUT2D eigenvalue weighted by atomic mass is 10.0. The smallest absolute Gasteiger partial charge is 0.00772 e. The van der Waals surface area contributed by atoms with Gasteiger partial charge in [0.15, 0.2) is 0 Å². The van der Waals surface area contributed by atoms with Gasteiger partial charge in [-0.05, 0) is 49.8 Å². The Hall–Kier alpha value is -0.820. The van der Waals surface area contributed by atoms with Crippen molar-refractivity contribution in [2.45, 2.75) is 51.9 Å². The Morgan fingerprint density at radius 1 is 0.812 bits per heavy atom. The maximum atomic E-state index is 5.48. The molecule has 0 amide bonds. The average Bonchev–Trinajstić information content (AvgIpc) is 2.32. The van der Waals surface area contributed by atoms with E-state index in [1.54, 1.807) is 0 Å². The molecule has 2 N–H and O–H groups in total. The van der Waals surface area contributed by atoms with Crippen LogP contribution >= 0.6 is 0 Å². The van der Waals surface area contributed by atoms with Crippen molar-refractivity contribution >= 4 is 0 Å². The van der Waals surface area contributed by atoms with Gasteiger partial charge in [0.1, 0.15) is 0 Å². The highest BCUT2D eigenvalue weighted by Gasteiger charge is 1.95. The molecule has 0 aliphatic heterocycles. The zero-order valence-corrected chi connectivity index (χ0v) is 10.5. The summed E-state index contributed by atoms with van der Waals surface area (Å²) in [6.45, 7) is 3.07. The molecule has 0 aliphatic carbocycles. The van der Waals surface area contributed by atoms with Gasteiger partial charge in [0.2, 0.25) is 0 Å². The predicted octanol–water partition coefficient (Wildman–Crippen LogP) is 3.70. The molecule has 1 rings (SSSR count). The number of hydrogen-bond acceptors (Lipinski definition) is 1. The Kier molecular flexibility index (Phi) is 6.91. The second kappa shape index (κ2) is 8.35. The van der Waals surface area contributed by atoms with Gasteiger partial charge in [-0.15, -0.1) is 0 Å². The van der Waals surface area contributed by atoms with Crippen LogP contribution in [0.2, 0.25) is 0 Å². The fraction of sp³-hybridized carbons (Fsp3) is 0.600. The first kappa shape index (κ1) is 13.2. The van der Waals surface area contributed by atoms with Crippen LogP contribution in [0.3, 0.4) is 0 Å². The zero-order valence-electron chi connectivity index (χ0n) is 10.5. The maximum Gasteiger partial charge on any atom is -0.00772 e. The zero-order chi connectivity index (χ0) is 11.6. The standard InChI is InChI=1S/C15H25N/c1-2-3-4-7-14-9-11-15(12-10-14)8-5-6-13-16/h9-12H,2-8,13,16H2,1H3. The van der Waals surface area contributed by atoms with Gasteiger partial charge in [0, 0.05) is 0 Å². The van der Waals surface area contributed by atoms with Crippen molar-refractivity contribution < 1.29 is 0 Å². The minimum atomic E-state index is 0.815. The third-order valence-electron chi connectivity index (χ3n) is 3.01. The monoisotopic (exact) mass is 219 g/mol. The van der Waals surface area contributed by atoms with Crippen LogP contribution in [-0.2, 0) is 12.8 Å². The Bertz CT molecular complexity index is 234. The van der Waals surface area contributed by atoms with E-state index in [1.165, 1.54) is 49.7 Å². The minimum Gasteiger partial charge on any atom is -0.330 e. The molecule has 16 heavy (non-hydrogen) atoms. The molecule has 0 heterocycles. The Morgan fingerprint density at radius 2 is 1.31 bits per heavy atom. The first-order valence-electron chi connectivity index (χ1n) is 6.64. The summed E-state index contributed by atoms with van der Waals surface area (Å²) in [6, 6.07) is 9.12. The number of nitrogens with two attached hydrogens (primary N) is 1. The van der Waals surface area contributed by atoms with E-state index in [-0.39, 0.29) is 0 Å². The van der Waals surface area contributed by atoms with E-state index in [2.05, 4.69) is 31.2 Å². The van der Waals surface area contributed by atoms with Crippen LogP contribution in [0.25, 0.3) is 0 Å². The van der Waals surface area contributed by atoms with E-state index in [0.717, 1.165) is 13.0 Å². The van der Waals surface area contributed by atoms with Gasteiger partial charge in [-0.2, -0.15) is 0 Å². The molecule has 0 aliphatic rings. The highest BCUT2D eigenvalue weighted by molar-refractivity contribution is 5.22. The molecule has 1 nitrogen and oxygen atoms in total. The molecule has 0 fully saturated rings. The predicted molar refractivity (Wildman–Crippen MR) is 71.7 cm³/mol. The molecular weight excluding hydrogens is 194 g/mol. The third kappa shape index (κ3) is 5.32. The lowest BCUT2D eigenvalue weighted by Crippen LogP contribution is -1.99. The summed E-state index contributed by atoms with van der Waals surface area (Å²) in [5.74, 6) is 0. The largest absolute Gasteiger partial charge is 0.330 e. The second-order valence-electron chi connectivity index (χ2n) is 4.52. The molecule has 0 bridgehead atoms. The van der Waals surface area contributed by atoms with E-state index in [0.29, 0.717) is 0 Å². The molecule has 1 aromatic carbocycles. The molecule has 1 heteroatoms. The Balaban J connectivity index is 2.30. The van der Waals surface area contributed by atoms with E-state index < -0.39 is 0 Å². The van der Waals surface area contributed by atoms with Crippen molar-refractivity contribution in [2.24, 2.45) is 5.73 Å². The minimum absolute atomic E-state index is 0.815. The van der Waals surface area contributed by atoms with E-state index in [4.69, 9.17) is 5.73 Å². The van der Waals surface area contributed by atoms with Crippen molar-refractivity contribution in [3.05, 3.63) is 35.4 Å². The quantitative estimate of drug-likeness (QED) is 0.663. The highest BCUT2D eigenvalue weighted by atomic mass is 14.5. The van der Waals surface area contributed by atoms with E-state index >= 15 is 0 Å². The van der Waals surface area contributed by atoms with Crippen LogP contribution in [0.1, 0.15) is 50.2 Å². The summed E-state index contributed by atoms with van der Waals surface area (Å²) >= 11 is 0. The summed E-state index contributed by atoms with van der Waals surface area (Å²) in [5.41, 5.74) is 8.42. The van der Waals surface area contributed by atoms with Gasteiger partial charge in [0.25, 0.3) is 0 Å². The van der Waals surface area contributed by atoms with Crippen LogP contribution in [-0.4, -0.2) is 6.54 Å². The van der Waals surface area contributed by atoms with Crippen molar-refractivity contribution in [3.8, 4) is 0 Å². The fourth-order valence-corrected chi connectivity index (χ4v) is 1.93. The van der Waals surface area contributed by atoms with Crippen molar-refractivity contribution in [1.29, 1.82) is 0 Å². The van der Waals surface area contributed by atoms with Crippen molar-refractivity contribution in [2.75, 3.05) is 6.54 Å². The lowest BCUT2D eigenvalue weighted by molar-refractivity contribution is 0.716. The van der Waals surface area contributed by atoms with Gasteiger partial charge >= 0.3 is 0 Å². The van der Waals surface area contributed by atoms with Crippen molar-refractivity contribution in [3.63, 3.8) is 0 Å². The molecule has 0 saturated carbocycles.